The summed E-state index contributed by atoms with van der Waals surface area (Å²) in [6.45, 7) is 1.14. The average molecular weight is 358 g/mol. The first-order chi connectivity index (χ1) is 12.4. The van der Waals surface area contributed by atoms with Crippen molar-refractivity contribution in [1.29, 1.82) is 5.41 Å². The fourth-order valence-corrected chi connectivity index (χ4v) is 3.10. The summed E-state index contributed by atoms with van der Waals surface area (Å²) in [7, 11) is 0. The number of hydrogen-bond donors (Lipinski definition) is 4. The molecule has 0 saturated carbocycles. The zero-order valence-corrected chi connectivity index (χ0v) is 14.1. The number of anilines is 1. The second-order valence-electron chi connectivity index (χ2n) is 6.36. The number of rotatable bonds is 4. The maximum atomic E-state index is 14.9. The highest BCUT2D eigenvalue weighted by Gasteiger charge is 2.33. The molecule has 0 aromatic heterocycles. The minimum atomic E-state index is -1.36. The van der Waals surface area contributed by atoms with E-state index in [9.17, 15) is 13.6 Å². The van der Waals surface area contributed by atoms with Gasteiger partial charge in [0.2, 0.25) is 0 Å². The highest BCUT2D eigenvalue weighted by Crippen LogP contribution is 2.33. The quantitative estimate of drug-likeness (QED) is 0.667. The van der Waals surface area contributed by atoms with Crippen LogP contribution in [0.3, 0.4) is 0 Å². The normalized spacial score (nSPS) is 24.8. The lowest BCUT2D eigenvalue weighted by Crippen LogP contribution is -2.40. The number of allylic oxidation sites excluding steroid dienone is 4. The maximum Gasteiger partial charge on any atom is 0.253 e. The van der Waals surface area contributed by atoms with Crippen LogP contribution in [0.15, 0.2) is 59.6 Å². The summed E-state index contributed by atoms with van der Waals surface area (Å²) in [5.74, 6) is -1.81. The number of halogens is 2. The van der Waals surface area contributed by atoms with E-state index in [2.05, 4.69) is 10.6 Å². The van der Waals surface area contributed by atoms with E-state index in [1.807, 2.05) is 0 Å². The number of hydrogen-bond acceptors (Lipinski definition) is 4. The SMILES string of the molecule is N=C1C(C(N)=O)=C(F)C=C/C1=C/Nc1ccc(C2(F)CCCNC2)cc1. The molecule has 5 N–H and O–H groups in total. The molecular weight excluding hydrogens is 338 g/mol. The number of nitrogens with one attached hydrogen (secondary N) is 3. The third-order valence-corrected chi connectivity index (χ3v) is 4.56. The van der Waals surface area contributed by atoms with Gasteiger partial charge in [-0.1, -0.05) is 12.1 Å². The van der Waals surface area contributed by atoms with Crippen molar-refractivity contribution in [2.75, 3.05) is 18.4 Å². The van der Waals surface area contributed by atoms with E-state index in [1.165, 1.54) is 12.3 Å². The van der Waals surface area contributed by atoms with Gasteiger partial charge in [-0.2, -0.15) is 0 Å². The Balaban J connectivity index is 1.72. The standard InChI is InChI=1S/C19H20F2N4O/c20-15-7-2-12(17(22)16(15)18(23)26)10-25-14-5-3-13(4-6-14)19(21)8-1-9-24-11-19/h2-7,10,22,24-25H,1,8-9,11H2,(H2,23,26)/b12-10-,22-17?. The van der Waals surface area contributed by atoms with Gasteiger partial charge in [0.1, 0.15) is 17.1 Å². The van der Waals surface area contributed by atoms with Gasteiger partial charge in [0, 0.05) is 24.0 Å². The average Bonchev–Trinajstić information content (AvgIpc) is 2.62. The van der Waals surface area contributed by atoms with Crippen LogP contribution in [0.5, 0.6) is 0 Å². The van der Waals surface area contributed by atoms with E-state index < -0.39 is 23.0 Å². The van der Waals surface area contributed by atoms with E-state index in [0.717, 1.165) is 19.0 Å². The number of primary amides is 1. The Morgan fingerprint density at radius 3 is 2.65 bits per heavy atom. The molecule has 2 aliphatic rings. The summed E-state index contributed by atoms with van der Waals surface area (Å²) < 4.78 is 28.5. The lowest BCUT2D eigenvalue weighted by molar-refractivity contribution is -0.114. The van der Waals surface area contributed by atoms with Crippen LogP contribution in [0.2, 0.25) is 0 Å². The van der Waals surface area contributed by atoms with Crippen LogP contribution in [0, 0.1) is 5.41 Å². The molecule has 1 aromatic carbocycles. The molecule has 1 amide bonds. The van der Waals surface area contributed by atoms with E-state index in [-0.39, 0.29) is 5.71 Å². The van der Waals surface area contributed by atoms with Crippen molar-refractivity contribution < 1.29 is 13.6 Å². The fourth-order valence-electron chi connectivity index (χ4n) is 3.10. The van der Waals surface area contributed by atoms with Crippen LogP contribution in [-0.4, -0.2) is 24.7 Å². The molecule has 1 atom stereocenters. The number of alkyl halides is 1. The van der Waals surface area contributed by atoms with Gasteiger partial charge >= 0.3 is 0 Å². The van der Waals surface area contributed by atoms with Crippen LogP contribution in [-0.2, 0) is 10.5 Å². The second kappa shape index (κ2) is 7.21. The largest absolute Gasteiger partial charge is 0.365 e. The molecule has 1 saturated heterocycles. The molecule has 5 nitrogen and oxygen atoms in total. The minimum absolute atomic E-state index is 0.280. The third-order valence-electron chi connectivity index (χ3n) is 4.56. The zero-order chi connectivity index (χ0) is 18.7. The summed E-state index contributed by atoms with van der Waals surface area (Å²) in [5, 5.41) is 14.0. The first-order valence-electron chi connectivity index (χ1n) is 8.34. The number of piperidine rings is 1. The molecule has 1 heterocycles. The van der Waals surface area contributed by atoms with Crippen molar-refractivity contribution in [2.24, 2.45) is 5.73 Å². The molecule has 0 bridgehead atoms. The van der Waals surface area contributed by atoms with Crippen molar-refractivity contribution in [3.05, 3.63) is 65.2 Å². The van der Waals surface area contributed by atoms with E-state index >= 15 is 0 Å². The smallest absolute Gasteiger partial charge is 0.253 e. The Labute approximate surface area is 150 Å². The lowest BCUT2D eigenvalue weighted by atomic mass is 9.88. The minimum Gasteiger partial charge on any atom is -0.365 e. The van der Waals surface area contributed by atoms with Gasteiger partial charge in [0.25, 0.3) is 5.91 Å². The molecule has 1 aliphatic heterocycles. The van der Waals surface area contributed by atoms with Gasteiger partial charge in [-0.3, -0.25) is 10.2 Å². The molecule has 0 spiro atoms. The highest BCUT2D eigenvalue weighted by molar-refractivity contribution is 6.28. The molecule has 0 radical (unpaired) electrons. The lowest BCUT2D eigenvalue weighted by Gasteiger charge is -2.30. The van der Waals surface area contributed by atoms with Crippen molar-refractivity contribution in [3.63, 3.8) is 0 Å². The molecule has 7 heteroatoms. The summed E-state index contributed by atoms with van der Waals surface area (Å²) in [6, 6.07) is 6.93. The fraction of sp³-hybridized carbons (Fsp3) is 0.263. The Bertz CT molecular complexity index is 818. The predicted molar refractivity (Wildman–Crippen MR) is 97.2 cm³/mol. The van der Waals surface area contributed by atoms with Crippen LogP contribution in [0.25, 0.3) is 0 Å². The van der Waals surface area contributed by atoms with E-state index in [4.69, 9.17) is 11.1 Å². The number of amides is 1. The topological polar surface area (TPSA) is 91.0 Å². The van der Waals surface area contributed by atoms with Gasteiger partial charge in [-0.25, -0.2) is 8.78 Å². The van der Waals surface area contributed by atoms with E-state index in [1.54, 1.807) is 24.3 Å². The van der Waals surface area contributed by atoms with Crippen LogP contribution < -0.4 is 16.4 Å². The van der Waals surface area contributed by atoms with Gasteiger partial charge in [-0.15, -0.1) is 0 Å². The molecule has 1 aliphatic carbocycles. The van der Waals surface area contributed by atoms with Gasteiger partial charge in [-0.05, 0) is 49.2 Å². The molecule has 136 valence electrons. The Kier molecular flexibility index (Phi) is 4.99. The summed E-state index contributed by atoms with van der Waals surface area (Å²) in [6.07, 6.45) is 5.25. The maximum absolute atomic E-state index is 14.9. The molecule has 3 rings (SSSR count). The molecule has 26 heavy (non-hydrogen) atoms. The number of benzene rings is 1. The summed E-state index contributed by atoms with van der Waals surface area (Å²) >= 11 is 0. The molecule has 1 aromatic rings. The van der Waals surface area contributed by atoms with Crippen molar-refractivity contribution in [1.82, 2.24) is 5.32 Å². The van der Waals surface area contributed by atoms with Crippen molar-refractivity contribution in [2.45, 2.75) is 18.5 Å². The van der Waals surface area contributed by atoms with Crippen LogP contribution in [0.4, 0.5) is 14.5 Å². The third kappa shape index (κ3) is 3.57. The first-order valence-corrected chi connectivity index (χ1v) is 8.34. The monoisotopic (exact) mass is 358 g/mol. The van der Waals surface area contributed by atoms with Gasteiger partial charge in [0.05, 0.1) is 5.71 Å². The van der Waals surface area contributed by atoms with Crippen LogP contribution in [0.1, 0.15) is 18.4 Å². The summed E-state index contributed by atoms with van der Waals surface area (Å²) in [5.41, 5.74) is 4.66. The zero-order valence-electron chi connectivity index (χ0n) is 14.1. The number of carbonyl (C=O) groups is 1. The summed E-state index contributed by atoms with van der Waals surface area (Å²) in [4.78, 5) is 11.3. The van der Waals surface area contributed by atoms with Gasteiger partial charge < -0.3 is 16.4 Å². The highest BCUT2D eigenvalue weighted by atomic mass is 19.1. The number of nitrogens with two attached hydrogens (primary N) is 1. The molecule has 1 fully saturated rings. The number of carbonyl (C=O) groups excluding carboxylic acids is 1. The second-order valence-corrected chi connectivity index (χ2v) is 6.36. The van der Waals surface area contributed by atoms with Gasteiger partial charge in [0.15, 0.2) is 0 Å². The van der Waals surface area contributed by atoms with Crippen LogP contribution >= 0.6 is 0 Å². The first kappa shape index (κ1) is 18.0. The van der Waals surface area contributed by atoms with Crippen molar-refractivity contribution >= 4 is 17.3 Å². The Morgan fingerprint density at radius 1 is 1.31 bits per heavy atom. The Hall–Kier alpha value is -2.80. The molecular formula is C19H20F2N4O. The Morgan fingerprint density at radius 2 is 2.04 bits per heavy atom. The van der Waals surface area contributed by atoms with E-state index in [0.29, 0.717) is 29.8 Å². The molecule has 1 unspecified atom stereocenters. The predicted octanol–water partition coefficient (Wildman–Crippen LogP) is 2.83. The van der Waals surface area contributed by atoms with Crippen molar-refractivity contribution in [3.8, 4) is 0 Å².